The summed E-state index contributed by atoms with van der Waals surface area (Å²) in [6, 6.07) is 25.7. The third kappa shape index (κ3) is 4.61. The number of fused-ring (bicyclic) bond motifs is 4. The molecule has 188 valence electrons. The van der Waals surface area contributed by atoms with Gasteiger partial charge in [-0.05, 0) is 97.4 Å². The zero-order chi connectivity index (χ0) is 25.4. The second-order valence-corrected chi connectivity index (χ2v) is 10.1. The minimum Gasteiger partial charge on any atom is -0.497 e. The molecule has 5 atom stereocenters. The molecule has 1 unspecified atom stereocenters. The van der Waals surface area contributed by atoms with Crippen molar-refractivity contribution in [2.45, 2.75) is 25.0 Å². The smallest absolute Gasteiger partial charge is 0.127 e. The van der Waals surface area contributed by atoms with Crippen molar-refractivity contribution in [3.63, 3.8) is 0 Å². The maximum absolute atomic E-state index is 11.8. The Morgan fingerprint density at radius 2 is 1.76 bits per heavy atom. The van der Waals surface area contributed by atoms with Gasteiger partial charge in [0.25, 0.3) is 0 Å². The molecular weight excluding hydrogens is 460 g/mol. The molecule has 0 saturated carbocycles. The van der Waals surface area contributed by atoms with Gasteiger partial charge in [-0.25, -0.2) is 4.98 Å². The average Bonchev–Trinajstić information content (AvgIpc) is 2.97. The van der Waals surface area contributed by atoms with E-state index in [4.69, 9.17) is 14.5 Å². The van der Waals surface area contributed by atoms with Gasteiger partial charge < -0.3 is 14.6 Å². The molecule has 0 aliphatic carbocycles. The largest absolute Gasteiger partial charge is 0.497 e. The number of aliphatic hydroxyl groups is 1. The van der Waals surface area contributed by atoms with Crippen LogP contribution in [0.4, 0.5) is 0 Å². The number of hydrogen-bond donors (Lipinski definition) is 1. The van der Waals surface area contributed by atoms with E-state index in [0.29, 0.717) is 11.8 Å². The van der Waals surface area contributed by atoms with Crippen LogP contribution < -0.4 is 9.47 Å². The molecule has 5 heteroatoms. The first-order valence-corrected chi connectivity index (χ1v) is 13.0. The molecule has 37 heavy (non-hydrogen) atoms. The Balaban J connectivity index is 1.36. The maximum atomic E-state index is 11.8. The van der Waals surface area contributed by atoms with E-state index < -0.39 is 6.10 Å². The molecule has 3 aliphatic rings. The lowest BCUT2D eigenvalue weighted by Gasteiger charge is -2.50. The minimum atomic E-state index is -0.620. The molecule has 1 aromatic heterocycles. The maximum Gasteiger partial charge on any atom is 0.127 e. The molecule has 0 spiro atoms. The third-order valence-electron chi connectivity index (χ3n) is 8.01. The van der Waals surface area contributed by atoms with Gasteiger partial charge in [-0.3, -0.25) is 4.90 Å². The fourth-order valence-corrected chi connectivity index (χ4v) is 5.98. The van der Waals surface area contributed by atoms with Crippen LogP contribution in [0.5, 0.6) is 17.2 Å². The Hall–Kier alpha value is -3.67. The van der Waals surface area contributed by atoms with E-state index in [1.807, 2.05) is 78.9 Å². The van der Waals surface area contributed by atoms with E-state index in [-0.39, 0.29) is 6.04 Å². The standard InChI is InChI=1S/C32H32N2O3/c1-3-21-20-34-16-15-23(21)17-31(34)32(35)28-19-30(33-29-14-13-26(36-2)18-27(28)29)22-9-11-25(12-10-22)37-24-7-5-4-6-8-24/h3-14,18-19,21,23,31-32,35H,1,15-17,20H2,2H3/t21-,23-,31-,32+/m0/s1. The third-order valence-corrected chi connectivity index (χ3v) is 8.01. The van der Waals surface area contributed by atoms with Gasteiger partial charge in [0.1, 0.15) is 17.2 Å². The lowest BCUT2D eigenvalue weighted by Crippen LogP contribution is -2.54. The van der Waals surface area contributed by atoms with E-state index in [2.05, 4.69) is 17.6 Å². The van der Waals surface area contributed by atoms with Gasteiger partial charge in [-0.1, -0.05) is 24.3 Å². The van der Waals surface area contributed by atoms with E-state index in [0.717, 1.165) is 64.5 Å². The lowest BCUT2D eigenvalue weighted by atomic mass is 9.73. The first-order valence-electron chi connectivity index (χ1n) is 13.0. The number of aliphatic hydroxyl groups excluding tert-OH is 1. The van der Waals surface area contributed by atoms with E-state index in [1.54, 1.807) is 7.11 Å². The minimum absolute atomic E-state index is 0.0845. The van der Waals surface area contributed by atoms with Crippen LogP contribution >= 0.6 is 0 Å². The molecule has 5 nitrogen and oxygen atoms in total. The molecule has 1 N–H and O–H groups in total. The first kappa shape index (κ1) is 23.7. The summed E-state index contributed by atoms with van der Waals surface area (Å²) >= 11 is 0. The lowest BCUT2D eigenvalue weighted by molar-refractivity contribution is -0.0444. The van der Waals surface area contributed by atoms with Gasteiger partial charge >= 0.3 is 0 Å². The molecule has 4 aromatic rings. The molecular formula is C32H32N2O3. The van der Waals surface area contributed by atoms with E-state index in [1.165, 1.54) is 6.42 Å². The van der Waals surface area contributed by atoms with Gasteiger partial charge in [0, 0.05) is 23.5 Å². The summed E-state index contributed by atoms with van der Waals surface area (Å²) in [5.74, 6) is 3.42. The first-order chi connectivity index (χ1) is 18.1. The Morgan fingerprint density at radius 1 is 1.00 bits per heavy atom. The van der Waals surface area contributed by atoms with Crippen LogP contribution in [0, 0.1) is 11.8 Å². The number of piperidine rings is 3. The van der Waals surface area contributed by atoms with Crippen LogP contribution in [0.15, 0.2) is 91.5 Å². The molecule has 0 amide bonds. The van der Waals surface area contributed by atoms with Crippen molar-refractivity contribution in [3.8, 4) is 28.5 Å². The van der Waals surface area contributed by atoms with Gasteiger partial charge in [0.15, 0.2) is 0 Å². The summed E-state index contributed by atoms with van der Waals surface area (Å²) in [4.78, 5) is 7.40. The van der Waals surface area contributed by atoms with Crippen molar-refractivity contribution in [2.75, 3.05) is 20.2 Å². The normalized spacial score (nSPS) is 23.5. The van der Waals surface area contributed by atoms with Crippen LogP contribution in [0.1, 0.15) is 24.5 Å². The highest BCUT2D eigenvalue weighted by Crippen LogP contribution is 2.43. The number of hydrogen-bond acceptors (Lipinski definition) is 5. The summed E-state index contributed by atoms with van der Waals surface area (Å²) in [5, 5.41) is 12.7. The molecule has 7 rings (SSSR count). The predicted octanol–water partition coefficient (Wildman–Crippen LogP) is 6.63. The van der Waals surface area contributed by atoms with Crippen LogP contribution in [-0.4, -0.2) is 41.2 Å². The van der Waals surface area contributed by atoms with Crippen molar-refractivity contribution in [2.24, 2.45) is 11.8 Å². The monoisotopic (exact) mass is 492 g/mol. The summed E-state index contributed by atoms with van der Waals surface area (Å²) in [5.41, 5.74) is 3.55. The second kappa shape index (κ2) is 10.0. The molecule has 4 heterocycles. The van der Waals surface area contributed by atoms with Crippen LogP contribution in [0.3, 0.4) is 0 Å². The molecule has 3 fully saturated rings. The summed E-state index contributed by atoms with van der Waals surface area (Å²) in [7, 11) is 1.67. The van der Waals surface area contributed by atoms with Crippen LogP contribution in [0.25, 0.3) is 22.2 Å². The van der Waals surface area contributed by atoms with E-state index in [9.17, 15) is 5.11 Å². The van der Waals surface area contributed by atoms with Crippen molar-refractivity contribution >= 4 is 10.9 Å². The molecule has 3 aliphatic heterocycles. The fourth-order valence-electron chi connectivity index (χ4n) is 5.98. The van der Waals surface area contributed by atoms with Crippen LogP contribution in [0.2, 0.25) is 0 Å². The second-order valence-electron chi connectivity index (χ2n) is 10.1. The quantitative estimate of drug-likeness (QED) is 0.293. The number of benzene rings is 3. The molecule has 3 aromatic carbocycles. The van der Waals surface area contributed by atoms with Crippen molar-refractivity contribution in [1.82, 2.24) is 9.88 Å². The SMILES string of the molecule is C=C[C@H]1CN2CC[C@H]1C[C@H]2[C@H](O)c1cc(-c2ccc(Oc3ccccc3)cc2)nc2ccc(OC)cc12. The number of nitrogens with zero attached hydrogens (tertiary/aromatic N) is 2. The Bertz CT molecular complexity index is 1400. The van der Waals surface area contributed by atoms with Crippen molar-refractivity contribution in [3.05, 3.63) is 97.1 Å². The summed E-state index contributed by atoms with van der Waals surface area (Å²) in [6.07, 6.45) is 3.63. The Labute approximate surface area is 218 Å². The van der Waals surface area contributed by atoms with Crippen molar-refractivity contribution in [1.29, 1.82) is 0 Å². The Kier molecular flexibility index (Phi) is 6.41. The Morgan fingerprint density at radius 3 is 2.46 bits per heavy atom. The fraction of sp³-hybridized carbons (Fsp3) is 0.281. The highest BCUT2D eigenvalue weighted by atomic mass is 16.5. The highest BCUT2D eigenvalue weighted by molar-refractivity contribution is 5.87. The predicted molar refractivity (Wildman–Crippen MR) is 147 cm³/mol. The summed E-state index contributed by atoms with van der Waals surface area (Å²) in [6.45, 7) is 6.04. The number of ether oxygens (including phenoxy) is 2. The number of pyridine rings is 1. The average molecular weight is 493 g/mol. The molecule has 3 saturated heterocycles. The van der Waals surface area contributed by atoms with E-state index >= 15 is 0 Å². The van der Waals surface area contributed by atoms with Gasteiger partial charge in [0.05, 0.1) is 24.4 Å². The van der Waals surface area contributed by atoms with Gasteiger partial charge in [0.2, 0.25) is 0 Å². The molecule has 2 bridgehead atoms. The number of rotatable bonds is 7. The van der Waals surface area contributed by atoms with Gasteiger partial charge in [-0.2, -0.15) is 0 Å². The molecule has 0 radical (unpaired) electrons. The number of methoxy groups -OCH3 is 1. The van der Waals surface area contributed by atoms with Gasteiger partial charge in [-0.15, -0.1) is 6.58 Å². The summed E-state index contributed by atoms with van der Waals surface area (Å²) < 4.78 is 11.5. The zero-order valence-corrected chi connectivity index (χ0v) is 21.1. The van der Waals surface area contributed by atoms with Crippen molar-refractivity contribution < 1.29 is 14.6 Å². The highest BCUT2D eigenvalue weighted by Gasteiger charge is 2.42. The number of aromatic nitrogens is 1. The topological polar surface area (TPSA) is 54.8 Å². The number of para-hydroxylation sites is 1. The van der Waals surface area contributed by atoms with Crippen LogP contribution in [-0.2, 0) is 0 Å². The zero-order valence-electron chi connectivity index (χ0n) is 21.1.